The van der Waals surface area contributed by atoms with Crippen molar-refractivity contribution in [2.75, 3.05) is 12.4 Å². The van der Waals surface area contributed by atoms with Crippen molar-refractivity contribution < 1.29 is 4.79 Å². The van der Waals surface area contributed by atoms with Gasteiger partial charge < -0.3 is 15.2 Å². The van der Waals surface area contributed by atoms with Crippen molar-refractivity contribution >= 4 is 23.2 Å². The number of rotatable bonds is 5. The van der Waals surface area contributed by atoms with Crippen LogP contribution in [0.15, 0.2) is 36.7 Å². The highest BCUT2D eigenvalue weighted by Crippen LogP contribution is 2.21. The van der Waals surface area contributed by atoms with Gasteiger partial charge in [0.1, 0.15) is 0 Å². The first-order valence-electron chi connectivity index (χ1n) is 6.54. The fourth-order valence-electron chi connectivity index (χ4n) is 1.94. The van der Waals surface area contributed by atoms with Gasteiger partial charge in [-0.3, -0.25) is 4.79 Å². The van der Waals surface area contributed by atoms with Gasteiger partial charge in [0, 0.05) is 38.2 Å². The molecule has 20 heavy (non-hydrogen) atoms. The van der Waals surface area contributed by atoms with Crippen LogP contribution < -0.4 is 10.6 Å². The van der Waals surface area contributed by atoms with Crippen molar-refractivity contribution in [1.82, 2.24) is 9.88 Å². The molecule has 106 valence electrons. The summed E-state index contributed by atoms with van der Waals surface area (Å²) in [7, 11) is 1.59. The zero-order valence-electron chi connectivity index (χ0n) is 11.6. The van der Waals surface area contributed by atoms with Crippen LogP contribution in [0.5, 0.6) is 0 Å². The molecular weight excluding hydrogens is 274 g/mol. The van der Waals surface area contributed by atoms with Crippen LogP contribution in [0, 0.1) is 0 Å². The first-order chi connectivity index (χ1) is 9.63. The average Bonchev–Trinajstić information content (AvgIpc) is 2.93. The van der Waals surface area contributed by atoms with E-state index in [1.165, 1.54) is 5.56 Å². The topological polar surface area (TPSA) is 46.1 Å². The molecule has 1 heterocycles. The predicted molar refractivity (Wildman–Crippen MR) is 82.3 cm³/mol. The molecule has 0 aliphatic carbocycles. The van der Waals surface area contributed by atoms with Crippen LogP contribution in [-0.4, -0.2) is 17.5 Å². The Balaban J connectivity index is 2.08. The van der Waals surface area contributed by atoms with E-state index >= 15 is 0 Å². The van der Waals surface area contributed by atoms with E-state index in [4.69, 9.17) is 11.6 Å². The number of carbonyl (C=O) groups excluding carboxylic acids is 1. The normalized spacial score (nSPS) is 10.3. The lowest BCUT2D eigenvalue weighted by Crippen LogP contribution is -2.18. The number of aromatic nitrogens is 1. The molecule has 0 aliphatic rings. The Morgan fingerprint density at radius 1 is 1.35 bits per heavy atom. The van der Waals surface area contributed by atoms with Crippen molar-refractivity contribution in [3.8, 4) is 0 Å². The van der Waals surface area contributed by atoms with Gasteiger partial charge in [-0.25, -0.2) is 0 Å². The molecule has 0 aliphatic heterocycles. The Labute approximate surface area is 123 Å². The standard InChI is InChI=1S/C15H18ClN3O/c1-3-19-7-6-11(10-19)9-18-12-4-5-14(16)13(8-12)15(20)17-2/h4-8,10,18H,3,9H2,1-2H3,(H,17,20). The van der Waals surface area contributed by atoms with E-state index in [0.717, 1.165) is 12.2 Å². The number of hydrogen-bond donors (Lipinski definition) is 2. The highest BCUT2D eigenvalue weighted by Gasteiger charge is 2.09. The number of carbonyl (C=O) groups is 1. The Bertz CT molecular complexity index is 607. The van der Waals surface area contributed by atoms with Gasteiger partial charge in [0.25, 0.3) is 5.91 Å². The number of aryl methyl sites for hydroxylation is 1. The first kappa shape index (κ1) is 14.5. The number of anilines is 1. The quantitative estimate of drug-likeness (QED) is 0.889. The van der Waals surface area contributed by atoms with E-state index in [9.17, 15) is 4.79 Å². The summed E-state index contributed by atoms with van der Waals surface area (Å²) in [6.45, 7) is 3.77. The van der Waals surface area contributed by atoms with E-state index < -0.39 is 0 Å². The van der Waals surface area contributed by atoms with Crippen LogP contribution in [0.25, 0.3) is 0 Å². The molecule has 0 atom stereocenters. The molecule has 2 rings (SSSR count). The summed E-state index contributed by atoms with van der Waals surface area (Å²) in [5.41, 5.74) is 2.55. The van der Waals surface area contributed by atoms with Crippen molar-refractivity contribution in [1.29, 1.82) is 0 Å². The van der Waals surface area contributed by atoms with Gasteiger partial charge >= 0.3 is 0 Å². The summed E-state index contributed by atoms with van der Waals surface area (Å²) in [5, 5.41) is 6.32. The minimum absolute atomic E-state index is 0.184. The highest BCUT2D eigenvalue weighted by molar-refractivity contribution is 6.34. The third-order valence-electron chi connectivity index (χ3n) is 3.11. The summed E-state index contributed by atoms with van der Waals surface area (Å²) < 4.78 is 2.12. The van der Waals surface area contributed by atoms with E-state index in [2.05, 4.69) is 40.6 Å². The summed E-state index contributed by atoms with van der Waals surface area (Å²) in [5.74, 6) is -0.184. The number of halogens is 1. The minimum atomic E-state index is -0.184. The lowest BCUT2D eigenvalue weighted by Gasteiger charge is -2.08. The summed E-state index contributed by atoms with van der Waals surface area (Å²) in [6, 6.07) is 7.43. The number of nitrogens with one attached hydrogen (secondary N) is 2. The third-order valence-corrected chi connectivity index (χ3v) is 3.44. The van der Waals surface area contributed by atoms with Gasteiger partial charge in [0.05, 0.1) is 10.6 Å². The number of hydrogen-bond acceptors (Lipinski definition) is 2. The number of amides is 1. The fourth-order valence-corrected chi connectivity index (χ4v) is 2.14. The van der Waals surface area contributed by atoms with Crippen LogP contribution in [0.4, 0.5) is 5.69 Å². The van der Waals surface area contributed by atoms with Gasteiger partial charge in [0.15, 0.2) is 0 Å². The molecule has 0 radical (unpaired) electrons. The second kappa shape index (κ2) is 6.48. The lowest BCUT2D eigenvalue weighted by molar-refractivity contribution is 0.0963. The average molecular weight is 292 g/mol. The maximum absolute atomic E-state index is 11.7. The number of benzene rings is 1. The van der Waals surface area contributed by atoms with Crippen molar-refractivity contribution in [2.24, 2.45) is 0 Å². The second-order valence-electron chi connectivity index (χ2n) is 4.48. The van der Waals surface area contributed by atoms with E-state index in [1.54, 1.807) is 19.2 Å². The van der Waals surface area contributed by atoms with Crippen LogP contribution in [0.2, 0.25) is 5.02 Å². The Hall–Kier alpha value is -1.94. The van der Waals surface area contributed by atoms with Crippen LogP contribution in [0.3, 0.4) is 0 Å². The largest absolute Gasteiger partial charge is 0.381 e. The molecule has 4 nitrogen and oxygen atoms in total. The van der Waals surface area contributed by atoms with Gasteiger partial charge in [0.2, 0.25) is 0 Å². The first-order valence-corrected chi connectivity index (χ1v) is 6.92. The van der Waals surface area contributed by atoms with E-state index in [1.807, 2.05) is 6.07 Å². The zero-order chi connectivity index (χ0) is 14.5. The zero-order valence-corrected chi connectivity index (χ0v) is 12.4. The van der Waals surface area contributed by atoms with E-state index in [0.29, 0.717) is 17.1 Å². The molecule has 1 aromatic heterocycles. The number of nitrogens with zero attached hydrogens (tertiary/aromatic N) is 1. The smallest absolute Gasteiger partial charge is 0.252 e. The van der Waals surface area contributed by atoms with Crippen LogP contribution in [0.1, 0.15) is 22.8 Å². The summed E-state index contributed by atoms with van der Waals surface area (Å²) >= 11 is 6.02. The van der Waals surface area contributed by atoms with Crippen LogP contribution >= 0.6 is 11.6 Å². The summed E-state index contributed by atoms with van der Waals surface area (Å²) in [6.07, 6.45) is 4.15. The predicted octanol–water partition coefficient (Wildman–Crippen LogP) is 3.13. The molecule has 0 fully saturated rings. The van der Waals surface area contributed by atoms with Gasteiger partial charge in [-0.1, -0.05) is 11.6 Å². The fraction of sp³-hybridized carbons (Fsp3) is 0.267. The Kier molecular flexibility index (Phi) is 4.69. The lowest BCUT2D eigenvalue weighted by atomic mass is 10.2. The van der Waals surface area contributed by atoms with Crippen molar-refractivity contribution in [2.45, 2.75) is 20.0 Å². The van der Waals surface area contributed by atoms with E-state index in [-0.39, 0.29) is 5.91 Å². The summed E-state index contributed by atoms with van der Waals surface area (Å²) in [4.78, 5) is 11.7. The van der Waals surface area contributed by atoms with Gasteiger partial charge in [-0.05, 0) is 36.8 Å². The molecule has 1 aromatic carbocycles. The molecule has 0 bridgehead atoms. The van der Waals surface area contributed by atoms with Crippen LogP contribution in [-0.2, 0) is 13.1 Å². The Morgan fingerprint density at radius 2 is 2.15 bits per heavy atom. The monoisotopic (exact) mass is 291 g/mol. The second-order valence-corrected chi connectivity index (χ2v) is 4.88. The molecular formula is C15H18ClN3O. The molecule has 0 spiro atoms. The molecule has 2 aromatic rings. The van der Waals surface area contributed by atoms with Crippen molar-refractivity contribution in [3.63, 3.8) is 0 Å². The minimum Gasteiger partial charge on any atom is -0.381 e. The molecule has 1 amide bonds. The molecule has 0 saturated carbocycles. The Morgan fingerprint density at radius 3 is 2.80 bits per heavy atom. The van der Waals surface area contributed by atoms with Gasteiger partial charge in [-0.15, -0.1) is 0 Å². The maximum atomic E-state index is 11.7. The third kappa shape index (κ3) is 3.33. The molecule has 2 N–H and O–H groups in total. The van der Waals surface area contributed by atoms with Gasteiger partial charge in [-0.2, -0.15) is 0 Å². The van der Waals surface area contributed by atoms with Crippen molar-refractivity contribution in [3.05, 3.63) is 52.8 Å². The molecule has 5 heteroatoms. The highest BCUT2D eigenvalue weighted by atomic mass is 35.5. The molecule has 0 saturated heterocycles. The molecule has 0 unspecified atom stereocenters. The maximum Gasteiger partial charge on any atom is 0.252 e. The SMILES string of the molecule is CCn1ccc(CNc2ccc(Cl)c(C(=O)NC)c2)c1.